The number of carbonyl (C=O) groups excluding carboxylic acids is 3. The molecule has 0 spiro atoms. The molecular weight excluding hydrogens is 386 g/mol. The molecule has 9 heteroatoms. The van der Waals surface area contributed by atoms with Crippen LogP contribution in [0.25, 0.3) is 11.4 Å². The summed E-state index contributed by atoms with van der Waals surface area (Å²) in [7, 11) is 0. The summed E-state index contributed by atoms with van der Waals surface area (Å²) in [6, 6.07) is 6.89. The fourth-order valence-corrected chi connectivity index (χ4v) is 3.86. The predicted molar refractivity (Wildman–Crippen MR) is 96.7 cm³/mol. The van der Waals surface area contributed by atoms with Gasteiger partial charge in [-0.25, -0.2) is 0 Å². The van der Waals surface area contributed by atoms with E-state index in [4.69, 9.17) is 20.9 Å². The smallest absolute Gasteiger partial charge is 0.326 e. The second-order valence-electron chi connectivity index (χ2n) is 6.94. The molecule has 0 bridgehead atoms. The van der Waals surface area contributed by atoms with Crippen LogP contribution in [0.15, 0.2) is 28.8 Å². The van der Waals surface area contributed by atoms with Crippen LogP contribution < -0.4 is 0 Å². The number of amides is 2. The summed E-state index contributed by atoms with van der Waals surface area (Å²) < 4.78 is 10.2. The molecule has 2 atom stereocenters. The van der Waals surface area contributed by atoms with Crippen molar-refractivity contribution in [3.05, 3.63) is 35.2 Å². The van der Waals surface area contributed by atoms with Crippen molar-refractivity contribution in [1.82, 2.24) is 15.0 Å². The summed E-state index contributed by atoms with van der Waals surface area (Å²) in [5.74, 6) is -1.34. The Morgan fingerprint density at radius 2 is 1.79 bits per heavy atom. The molecule has 1 saturated heterocycles. The average Bonchev–Trinajstić information content (AvgIpc) is 3.27. The zero-order valence-corrected chi connectivity index (χ0v) is 15.7. The summed E-state index contributed by atoms with van der Waals surface area (Å²) in [5, 5.41) is 4.42. The van der Waals surface area contributed by atoms with Gasteiger partial charge in [-0.3, -0.25) is 19.3 Å². The van der Waals surface area contributed by atoms with Gasteiger partial charge in [0.15, 0.2) is 6.61 Å². The van der Waals surface area contributed by atoms with Crippen molar-refractivity contribution in [2.24, 2.45) is 11.8 Å². The van der Waals surface area contributed by atoms with E-state index in [9.17, 15) is 14.4 Å². The summed E-state index contributed by atoms with van der Waals surface area (Å²) >= 11 is 5.85. The maximum Gasteiger partial charge on any atom is 0.326 e. The molecule has 2 aromatic rings. The molecule has 4 rings (SSSR count). The molecule has 2 amide bonds. The normalized spacial score (nSPS) is 21.7. The number of hydrogen-bond acceptors (Lipinski definition) is 7. The lowest BCUT2D eigenvalue weighted by molar-refractivity contribution is -0.154. The van der Waals surface area contributed by atoms with Crippen molar-refractivity contribution in [2.75, 3.05) is 6.54 Å². The average molecular weight is 404 g/mol. The van der Waals surface area contributed by atoms with Crippen molar-refractivity contribution in [3.63, 3.8) is 0 Å². The third-order valence-electron chi connectivity index (χ3n) is 5.15. The van der Waals surface area contributed by atoms with Gasteiger partial charge >= 0.3 is 5.97 Å². The highest BCUT2D eigenvalue weighted by Gasteiger charge is 2.48. The van der Waals surface area contributed by atoms with Gasteiger partial charge in [0.1, 0.15) is 6.54 Å². The van der Waals surface area contributed by atoms with Crippen LogP contribution in [-0.4, -0.2) is 39.4 Å². The molecule has 0 radical (unpaired) electrons. The maximum absolute atomic E-state index is 12.4. The minimum atomic E-state index is -0.688. The molecule has 2 aliphatic rings. The minimum absolute atomic E-state index is 0.117. The Morgan fingerprint density at radius 1 is 1.14 bits per heavy atom. The largest absolute Gasteiger partial charge is 0.454 e. The minimum Gasteiger partial charge on any atom is -0.454 e. The van der Waals surface area contributed by atoms with E-state index in [0.717, 1.165) is 17.7 Å². The van der Waals surface area contributed by atoms with Crippen molar-refractivity contribution in [1.29, 1.82) is 0 Å². The number of aromatic nitrogens is 2. The van der Waals surface area contributed by atoms with E-state index in [1.165, 1.54) is 0 Å². The number of imide groups is 1. The Kier molecular flexibility index (Phi) is 5.13. The van der Waals surface area contributed by atoms with E-state index in [1.54, 1.807) is 24.3 Å². The third-order valence-corrected chi connectivity index (χ3v) is 5.40. The van der Waals surface area contributed by atoms with Crippen LogP contribution in [0.3, 0.4) is 0 Å². The van der Waals surface area contributed by atoms with Crippen LogP contribution in [0.2, 0.25) is 5.02 Å². The number of esters is 1. The summed E-state index contributed by atoms with van der Waals surface area (Å²) in [4.78, 5) is 42.1. The molecular formula is C19H18ClN3O5. The van der Waals surface area contributed by atoms with E-state index in [2.05, 4.69) is 10.1 Å². The molecule has 28 heavy (non-hydrogen) atoms. The van der Waals surface area contributed by atoms with Gasteiger partial charge in [-0.1, -0.05) is 29.6 Å². The Labute approximate surface area is 165 Å². The molecule has 1 aliphatic carbocycles. The lowest BCUT2D eigenvalue weighted by atomic mass is 9.81. The highest BCUT2D eigenvalue weighted by Crippen LogP contribution is 2.37. The first-order valence-electron chi connectivity index (χ1n) is 9.12. The van der Waals surface area contributed by atoms with E-state index in [-0.39, 0.29) is 42.7 Å². The van der Waals surface area contributed by atoms with Crippen LogP contribution in [-0.2, 0) is 25.7 Å². The van der Waals surface area contributed by atoms with E-state index in [1.807, 2.05) is 0 Å². The van der Waals surface area contributed by atoms with Gasteiger partial charge in [0.25, 0.3) is 5.89 Å². The summed E-state index contributed by atoms with van der Waals surface area (Å²) in [6.07, 6.45) is 3.28. The molecule has 2 heterocycles. The zero-order chi connectivity index (χ0) is 19.7. The second kappa shape index (κ2) is 7.71. The number of fused-ring (bicyclic) bond motifs is 1. The maximum atomic E-state index is 12.4. The Hall–Kier alpha value is -2.74. The first-order chi connectivity index (χ1) is 13.5. The van der Waals surface area contributed by atoms with E-state index in [0.29, 0.717) is 29.3 Å². The van der Waals surface area contributed by atoms with Crippen LogP contribution in [0.5, 0.6) is 0 Å². The fourth-order valence-electron chi connectivity index (χ4n) is 3.73. The lowest BCUT2D eigenvalue weighted by Gasteiger charge is -2.19. The third kappa shape index (κ3) is 3.64. The zero-order valence-electron chi connectivity index (χ0n) is 15.0. The monoisotopic (exact) mass is 403 g/mol. The van der Waals surface area contributed by atoms with E-state index >= 15 is 0 Å². The van der Waals surface area contributed by atoms with Crippen LogP contribution >= 0.6 is 11.6 Å². The van der Waals surface area contributed by atoms with Gasteiger partial charge in [0.05, 0.1) is 11.8 Å². The SMILES string of the molecule is O=C(CN1C(=O)[C@H]2CCCC[C@H]2C1=O)OCc1nc(-c2ccc(Cl)cc2)no1. The van der Waals surface area contributed by atoms with Crippen LogP contribution in [0.4, 0.5) is 0 Å². The molecule has 2 fully saturated rings. The number of ether oxygens (including phenoxy) is 1. The van der Waals surface area contributed by atoms with Gasteiger partial charge in [-0.2, -0.15) is 4.98 Å². The van der Waals surface area contributed by atoms with Gasteiger partial charge in [0.2, 0.25) is 17.6 Å². The molecule has 0 N–H and O–H groups in total. The Bertz CT molecular complexity index is 887. The molecule has 8 nitrogen and oxygen atoms in total. The van der Waals surface area contributed by atoms with Gasteiger partial charge < -0.3 is 9.26 Å². The quantitative estimate of drug-likeness (QED) is 0.558. The van der Waals surface area contributed by atoms with Gasteiger partial charge in [0, 0.05) is 10.6 Å². The summed E-state index contributed by atoms with van der Waals surface area (Å²) in [6.45, 7) is -0.620. The van der Waals surface area contributed by atoms with Gasteiger partial charge in [-0.15, -0.1) is 0 Å². The highest BCUT2D eigenvalue weighted by molar-refractivity contribution is 6.30. The number of hydrogen-bond donors (Lipinski definition) is 0. The first kappa shape index (κ1) is 18.6. The van der Waals surface area contributed by atoms with Crippen LogP contribution in [0.1, 0.15) is 31.6 Å². The summed E-state index contributed by atoms with van der Waals surface area (Å²) in [5.41, 5.74) is 0.710. The predicted octanol–water partition coefficient (Wildman–Crippen LogP) is 2.61. The number of carbonyl (C=O) groups is 3. The number of rotatable bonds is 5. The molecule has 0 unspecified atom stereocenters. The lowest BCUT2D eigenvalue weighted by Crippen LogP contribution is -2.36. The number of nitrogens with zero attached hydrogens (tertiary/aromatic N) is 3. The van der Waals surface area contributed by atoms with Crippen molar-refractivity contribution < 1.29 is 23.6 Å². The second-order valence-corrected chi connectivity index (χ2v) is 7.38. The molecule has 1 aromatic carbocycles. The van der Waals surface area contributed by atoms with Gasteiger partial charge in [-0.05, 0) is 37.1 Å². The number of likely N-dealkylation sites (tertiary alicyclic amines) is 1. The van der Waals surface area contributed by atoms with Crippen molar-refractivity contribution >= 4 is 29.4 Å². The molecule has 1 saturated carbocycles. The Balaban J connectivity index is 1.33. The first-order valence-corrected chi connectivity index (χ1v) is 9.50. The standard InChI is InChI=1S/C19H18ClN3O5/c20-12-7-5-11(6-8-12)17-21-15(28-22-17)10-27-16(24)9-23-18(25)13-3-1-2-4-14(13)19(23)26/h5-8,13-14H,1-4,9-10H2/t13-,14+. The Morgan fingerprint density at radius 3 is 2.43 bits per heavy atom. The number of benzene rings is 1. The molecule has 1 aliphatic heterocycles. The fraction of sp³-hybridized carbons (Fsp3) is 0.421. The van der Waals surface area contributed by atoms with Crippen molar-refractivity contribution in [3.8, 4) is 11.4 Å². The van der Waals surface area contributed by atoms with Crippen LogP contribution in [0, 0.1) is 11.8 Å². The highest BCUT2D eigenvalue weighted by atomic mass is 35.5. The topological polar surface area (TPSA) is 103 Å². The number of halogens is 1. The molecule has 1 aromatic heterocycles. The van der Waals surface area contributed by atoms with E-state index < -0.39 is 5.97 Å². The molecule has 146 valence electrons. The van der Waals surface area contributed by atoms with Crippen molar-refractivity contribution in [2.45, 2.75) is 32.3 Å².